The van der Waals surface area contributed by atoms with Crippen molar-refractivity contribution < 1.29 is 18.7 Å². The second-order valence-electron chi connectivity index (χ2n) is 5.59. The van der Waals surface area contributed by atoms with Gasteiger partial charge in [0.2, 0.25) is 0 Å². The molecule has 0 radical (unpaired) electrons. The van der Waals surface area contributed by atoms with Gasteiger partial charge < -0.3 is 14.4 Å². The maximum absolute atomic E-state index is 12.7. The van der Waals surface area contributed by atoms with Gasteiger partial charge in [-0.2, -0.15) is 0 Å². The van der Waals surface area contributed by atoms with Gasteiger partial charge in [0.15, 0.2) is 0 Å². The Kier molecular flexibility index (Phi) is 4.10. The fourth-order valence-electron chi connectivity index (χ4n) is 3.07. The third kappa shape index (κ3) is 2.74. The van der Waals surface area contributed by atoms with Crippen molar-refractivity contribution in [1.29, 1.82) is 0 Å². The first-order valence-electron chi connectivity index (χ1n) is 6.41. The largest absolute Gasteiger partial charge is 0.445 e. The number of carbonyl (C=O) groups excluding carboxylic acids is 1. The van der Waals surface area contributed by atoms with E-state index in [2.05, 4.69) is 4.90 Å². The highest BCUT2D eigenvalue weighted by molar-refractivity contribution is 5.67. The minimum absolute atomic E-state index is 0.147. The van der Waals surface area contributed by atoms with Gasteiger partial charge in [-0.15, -0.1) is 0 Å². The molecule has 0 unspecified atom stereocenters. The van der Waals surface area contributed by atoms with E-state index in [0.717, 1.165) is 5.57 Å². The van der Waals surface area contributed by atoms with Crippen LogP contribution in [-0.2, 0) is 9.47 Å². The number of methoxy groups -OCH3 is 1. The summed E-state index contributed by atoms with van der Waals surface area (Å²) < 4.78 is 23.4. The van der Waals surface area contributed by atoms with Crippen LogP contribution in [0.4, 0.5) is 9.18 Å². The molecule has 1 amide bonds. The summed E-state index contributed by atoms with van der Waals surface area (Å²) >= 11 is 0. The minimum atomic E-state index is -0.333. The molecular formula is C13H21FN2O3. The van der Waals surface area contributed by atoms with Crippen LogP contribution >= 0.6 is 0 Å². The molecule has 2 heterocycles. The van der Waals surface area contributed by atoms with E-state index in [1.807, 2.05) is 0 Å². The van der Waals surface area contributed by atoms with Gasteiger partial charge in [-0.05, 0) is 12.0 Å². The molecule has 108 valence electrons. The van der Waals surface area contributed by atoms with Gasteiger partial charge in [-0.3, -0.25) is 4.90 Å². The molecule has 5 nitrogen and oxygen atoms in total. The van der Waals surface area contributed by atoms with Crippen molar-refractivity contribution in [2.75, 3.05) is 40.9 Å². The van der Waals surface area contributed by atoms with E-state index in [9.17, 15) is 9.18 Å². The average molecular weight is 272 g/mol. The monoisotopic (exact) mass is 272 g/mol. The first-order valence-corrected chi connectivity index (χ1v) is 6.41. The fraction of sp³-hybridized carbons (Fsp3) is 0.769. The molecule has 0 aromatic heterocycles. The lowest BCUT2D eigenvalue weighted by molar-refractivity contribution is 0.0618. The van der Waals surface area contributed by atoms with E-state index in [4.69, 9.17) is 9.47 Å². The summed E-state index contributed by atoms with van der Waals surface area (Å²) in [5.74, 6) is 0. The molecule has 0 N–H and O–H groups in total. The Labute approximate surface area is 112 Å². The zero-order chi connectivity index (χ0) is 14.0. The molecule has 0 bridgehead atoms. The number of nitrogens with zero attached hydrogens (tertiary/aromatic N) is 2. The molecule has 0 aromatic carbocycles. The number of fused-ring (bicyclic) bond motifs is 1. The standard InChI is InChI=1S/C13H21FN2O3/c1-15(2)12(17)19-11-5-13(9-18-3)4-10(6-14)7-16(13)8-11/h6,11H,4-5,7-9H2,1-3H3/b10-6+/t11-,13+/m0/s1. The molecule has 0 saturated carbocycles. The normalized spacial score (nSPS) is 32.6. The third-order valence-electron chi connectivity index (χ3n) is 3.85. The van der Waals surface area contributed by atoms with Crippen molar-refractivity contribution in [3.8, 4) is 0 Å². The quantitative estimate of drug-likeness (QED) is 0.779. The summed E-state index contributed by atoms with van der Waals surface area (Å²) in [5.41, 5.74) is 0.568. The van der Waals surface area contributed by atoms with Crippen LogP contribution in [0.25, 0.3) is 0 Å². The molecule has 2 atom stereocenters. The Morgan fingerprint density at radius 3 is 2.95 bits per heavy atom. The van der Waals surface area contributed by atoms with E-state index in [1.54, 1.807) is 21.2 Å². The van der Waals surface area contributed by atoms with Crippen molar-refractivity contribution in [2.45, 2.75) is 24.5 Å². The van der Waals surface area contributed by atoms with Crippen molar-refractivity contribution >= 4 is 6.09 Å². The molecule has 19 heavy (non-hydrogen) atoms. The number of rotatable bonds is 3. The van der Waals surface area contributed by atoms with E-state index in [1.165, 1.54) is 4.90 Å². The summed E-state index contributed by atoms with van der Waals surface area (Å²) in [7, 11) is 4.96. The molecule has 6 heteroatoms. The first kappa shape index (κ1) is 14.3. The zero-order valence-electron chi connectivity index (χ0n) is 11.7. The van der Waals surface area contributed by atoms with Crippen LogP contribution in [-0.4, -0.2) is 68.4 Å². The lowest BCUT2D eigenvalue weighted by atomic mass is 9.93. The summed E-state index contributed by atoms with van der Waals surface area (Å²) in [6, 6.07) is 0. The Morgan fingerprint density at radius 1 is 1.63 bits per heavy atom. The van der Waals surface area contributed by atoms with Crippen LogP contribution in [0, 0.1) is 0 Å². The van der Waals surface area contributed by atoms with Crippen molar-refractivity contribution in [3.63, 3.8) is 0 Å². The van der Waals surface area contributed by atoms with E-state index in [0.29, 0.717) is 38.9 Å². The van der Waals surface area contributed by atoms with Gasteiger partial charge >= 0.3 is 6.09 Å². The van der Waals surface area contributed by atoms with Crippen molar-refractivity contribution in [2.24, 2.45) is 0 Å². The van der Waals surface area contributed by atoms with Gasteiger partial charge in [-0.1, -0.05) is 0 Å². The van der Waals surface area contributed by atoms with Crippen LogP contribution in [0.15, 0.2) is 11.9 Å². The van der Waals surface area contributed by atoms with Crippen LogP contribution in [0.3, 0.4) is 0 Å². The van der Waals surface area contributed by atoms with Gasteiger partial charge in [0, 0.05) is 40.7 Å². The Bertz CT molecular complexity index is 386. The minimum Gasteiger partial charge on any atom is -0.445 e. The Morgan fingerprint density at radius 2 is 2.37 bits per heavy atom. The highest BCUT2D eigenvalue weighted by Gasteiger charge is 2.51. The molecule has 0 spiro atoms. The summed E-state index contributed by atoms with van der Waals surface area (Å²) in [5, 5.41) is 0. The number of amides is 1. The third-order valence-corrected chi connectivity index (χ3v) is 3.85. The fourth-order valence-corrected chi connectivity index (χ4v) is 3.07. The van der Waals surface area contributed by atoms with Crippen LogP contribution in [0.5, 0.6) is 0 Å². The second kappa shape index (κ2) is 5.46. The predicted molar refractivity (Wildman–Crippen MR) is 68.6 cm³/mol. The molecule has 0 aliphatic carbocycles. The number of hydrogen-bond donors (Lipinski definition) is 0. The van der Waals surface area contributed by atoms with Crippen molar-refractivity contribution in [3.05, 3.63) is 11.9 Å². The maximum Gasteiger partial charge on any atom is 0.409 e. The van der Waals surface area contributed by atoms with E-state index in [-0.39, 0.29) is 17.7 Å². The summed E-state index contributed by atoms with van der Waals surface area (Å²) in [6.07, 6.45) is 1.55. The highest BCUT2D eigenvalue weighted by Crippen LogP contribution is 2.42. The van der Waals surface area contributed by atoms with Crippen LogP contribution in [0.2, 0.25) is 0 Å². The van der Waals surface area contributed by atoms with E-state index >= 15 is 0 Å². The predicted octanol–water partition coefficient (Wildman–Crippen LogP) is 1.40. The SMILES string of the molecule is COC[C@]12C/C(=C\F)CN1C[C@@H](OC(=O)N(C)C)C2. The van der Waals surface area contributed by atoms with Gasteiger partial charge in [0.05, 0.1) is 18.5 Å². The highest BCUT2D eigenvalue weighted by atomic mass is 19.1. The Balaban J connectivity index is 2.04. The summed E-state index contributed by atoms with van der Waals surface area (Å²) in [6.45, 7) is 1.76. The Hall–Kier alpha value is -1.14. The number of halogens is 1. The molecule has 2 aliphatic heterocycles. The average Bonchev–Trinajstić information content (AvgIpc) is 2.82. The molecule has 2 aliphatic rings. The number of ether oxygens (including phenoxy) is 2. The summed E-state index contributed by atoms with van der Waals surface area (Å²) in [4.78, 5) is 15.2. The van der Waals surface area contributed by atoms with E-state index < -0.39 is 0 Å². The zero-order valence-corrected chi connectivity index (χ0v) is 11.7. The van der Waals surface area contributed by atoms with Crippen molar-refractivity contribution in [1.82, 2.24) is 9.80 Å². The maximum atomic E-state index is 12.7. The van der Waals surface area contributed by atoms with Gasteiger partial charge in [-0.25, -0.2) is 9.18 Å². The molecular weight excluding hydrogens is 251 g/mol. The smallest absolute Gasteiger partial charge is 0.409 e. The number of hydrogen-bond acceptors (Lipinski definition) is 4. The molecule has 0 aromatic rings. The second-order valence-corrected chi connectivity index (χ2v) is 5.59. The lowest BCUT2D eigenvalue weighted by Crippen LogP contribution is -2.42. The first-order chi connectivity index (χ1) is 9.00. The molecule has 2 fully saturated rings. The number of carbonyl (C=O) groups is 1. The topological polar surface area (TPSA) is 42.0 Å². The molecule has 2 rings (SSSR count). The van der Waals surface area contributed by atoms with Crippen LogP contribution < -0.4 is 0 Å². The lowest BCUT2D eigenvalue weighted by Gasteiger charge is -2.29. The van der Waals surface area contributed by atoms with Gasteiger partial charge in [0.25, 0.3) is 0 Å². The van der Waals surface area contributed by atoms with Gasteiger partial charge in [0.1, 0.15) is 6.10 Å². The molecule has 2 saturated heterocycles. The van der Waals surface area contributed by atoms with Crippen LogP contribution in [0.1, 0.15) is 12.8 Å².